The second kappa shape index (κ2) is 5.94. The predicted molar refractivity (Wildman–Crippen MR) is 74.4 cm³/mol. The Labute approximate surface area is 120 Å². The lowest BCUT2D eigenvalue weighted by atomic mass is 10.0. The van der Waals surface area contributed by atoms with Crippen LogP contribution in [0.4, 0.5) is 0 Å². The van der Waals surface area contributed by atoms with Crippen LogP contribution in [0.3, 0.4) is 0 Å². The SMILES string of the molecule is COC(=O)c1cc2ccc(C(O)C(O)CC(N)=O)cc2[nH]1. The van der Waals surface area contributed by atoms with E-state index in [-0.39, 0.29) is 12.1 Å². The highest BCUT2D eigenvalue weighted by Crippen LogP contribution is 2.24. The molecule has 0 aliphatic heterocycles. The molecule has 5 N–H and O–H groups in total. The average molecular weight is 292 g/mol. The van der Waals surface area contributed by atoms with Crippen LogP contribution in [0.25, 0.3) is 10.9 Å². The van der Waals surface area contributed by atoms with Gasteiger partial charge in [-0.15, -0.1) is 0 Å². The number of hydrogen-bond acceptors (Lipinski definition) is 5. The Morgan fingerprint density at radius 3 is 2.67 bits per heavy atom. The molecule has 2 aromatic rings. The minimum absolute atomic E-state index is 0.289. The number of nitrogens with one attached hydrogen (secondary N) is 1. The number of aromatic amines is 1. The molecule has 0 saturated heterocycles. The zero-order chi connectivity index (χ0) is 15.6. The number of hydrogen-bond donors (Lipinski definition) is 4. The monoisotopic (exact) mass is 292 g/mol. The van der Waals surface area contributed by atoms with Crippen molar-refractivity contribution in [3.8, 4) is 0 Å². The van der Waals surface area contributed by atoms with Crippen LogP contribution in [0.5, 0.6) is 0 Å². The predicted octanol–water partition coefficient (Wildman–Crippen LogP) is 0.224. The van der Waals surface area contributed by atoms with Crippen molar-refractivity contribution >= 4 is 22.8 Å². The maximum Gasteiger partial charge on any atom is 0.354 e. The van der Waals surface area contributed by atoms with Gasteiger partial charge >= 0.3 is 5.97 Å². The van der Waals surface area contributed by atoms with Crippen LogP contribution in [-0.4, -0.2) is 40.3 Å². The van der Waals surface area contributed by atoms with E-state index in [0.717, 1.165) is 5.39 Å². The molecule has 7 heteroatoms. The van der Waals surface area contributed by atoms with Gasteiger partial charge in [-0.25, -0.2) is 4.79 Å². The molecule has 0 radical (unpaired) electrons. The number of ether oxygens (including phenoxy) is 1. The number of fused-ring (bicyclic) bond motifs is 1. The fourth-order valence-corrected chi connectivity index (χ4v) is 2.09. The van der Waals surface area contributed by atoms with Crippen LogP contribution < -0.4 is 5.73 Å². The summed E-state index contributed by atoms with van der Waals surface area (Å²) in [6.45, 7) is 0. The molecule has 0 saturated carbocycles. The molecule has 2 atom stereocenters. The van der Waals surface area contributed by atoms with Crippen molar-refractivity contribution in [2.75, 3.05) is 7.11 Å². The molecule has 1 aromatic carbocycles. The van der Waals surface area contributed by atoms with E-state index in [1.807, 2.05) is 0 Å². The summed E-state index contributed by atoms with van der Waals surface area (Å²) in [4.78, 5) is 25.1. The molecule has 1 heterocycles. The first kappa shape index (κ1) is 15.0. The van der Waals surface area contributed by atoms with Crippen molar-refractivity contribution in [3.63, 3.8) is 0 Å². The number of nitrogens with two attached hydrogens (primary N) is 1. The molecule has 0 aliphatic carbocycles. The van der Waals surface area contributed by atoms with Gasteiger partial charge in [0.15, 0.2) is 0 Å². The van der Waals surface area contributed by atoms with Crippen LogP contribution in [0.15, 0.2) is 24.3 Å². The van der Waals surface area contributed by atoms with Gasteiger partial charge in [0.05, 0.1) is 19.6 Å². The van der Waals surface area contributed by atoms with E-state index in [1.54, 1.807) is 24.3 Å². The van der Waals surface area contributed by atoms with Crippen LogP contribution >= 0.6 is 0 Å². The molecule has 112 valence electrons. The quantitative estimate of drug-likeness (QED) is 0.587. The molecular weight excluding hydrogens is 276 g/mol. The minimum atomic E-state index is -1.28. The third-order valence-electron chi connectivity index (χ3n) is 3.17. The largest absolute Gasteiger partial charge is 0.464 e. The van der Waals surface area contributed by atoms with E-state index in [4.69, 9.17) is 5.73 Å². The molecule has 0 aliphatic rings. The van der Waals surface area contributed by atoms with Gasteiger partial charge in [-0.2, -0.15) is 0 Å². The van der Waals surface area contributed by atoms with E-state index in [2.05, 4.69) is 9.72 Å². The smallest absolute Gasteiger partial charge is 0.354 e. The Bertz CT molecular complexity index is 679. The summed E-state index contributed by atoms with van der Waals surface area (Å²) in [5.41, 5.74) is 6.29. The van der Waals surface area contributed by atoms with Crippen molar-refractivity contribution in [2.45, 2.75) is 18.6 Å². The summed E-state index contributed by atoms with van der Waals surface area (Å²) in [6, 6.07) is 6.51. The van der Waals surface area contributed by atoms with Gasteiger partial charge in [0, 0.05) is 10.9 Å². The Hall–Kier alpha value is -2.38. The van der Waals surface area contributed by atoms with Gasteiger partial charge in [-0.1, -0.05) is 12.1 Å². The number of rotatable bonds is 5. The number of aliphatic hydroxyl groups excluding tert-OH is 2. The summed E-state index contributed by atoms with van der Waals surface area (Å²) in [5.74, 6) is -1.20. The first-order valence-electron chi connectivity index (χ1n) is 6.27. The second-order valence-corrected chi connectivity index (χ2v) is 4.70. The highest BCUT2D eigenvalue weighted by molar-refractivity contribution is 5.94. The van der Waals surface area contributed by atoms with E-state index in [1.165, 1.54) is 7.11 Å². The maximum atomic E-state index is 11.4. The fraction of sp³-hybridized carbons (Fsp3) is 0.286. The number of benzene rings is 1. The number of aliphatic hydroxyl groups is 2. The third kappa shape index (κ3) is 3.21. The third-order valence-corrected chi connectivity index (χ3v) is 3.17. The molecular formula is C14H16N2O5. The van der Waals surface area contributed by atoms with Crippen LogP contribution in [0.2, 0.25) is 0 Å². The molecule has 2 rings (SSSR count). The average Bonchev–Trinajstić information content (AvgIpc) is 2.87. The highest BCUT2D eigenvalue weighted by Gasteiger charge is 2.21. The number of primary amides is 1. The Morgan fingerprint density at radius 1 is 1.33 bits per heavy atom. The zero-order valence-corrected chi connectivity index (χ0v) is 11.4. The Kier molecular flexibility index (Phi) is 4.25. The normalized spacial score (nSPS) is 13.9. The molecule has 0 fully saturated rings. The van der Waals surface area contributed by atoms with Crippen LogP contribution in [0, 0.1) is 0 Å². The van der Waals surface area contributed by atoms with Gasteiger partial charge in [0.25, 0.3) is 0 Å². The number of esters is 1. The summed E-state index contributed by atoms with van der Waals surface area (Å²) < 4.78 is 4.61. The number of carbonyl (C=O) groups excluding carboxylic acids is 2. The van der Waals surface area contributed by atoms with Crippen molar-refractivity contribution in [3.05, 3.63) is 35.5 Å². The summed E-state index contributed by atoms with van der Waals surface area (Å²) in [5, 5.41) is 20.5. The first-order chi connectivity index (χ1) is 9.92. The van der Waals surface area contributed by atoms with Crippen LogP contribution in [0.1, 0.15) is 28.6 Å². The first-order valence-corrected chi connectivity index (χ1v) is 6.27. The minimum Gasteiger partial charge on any atom is -0.464 e. The van der Waals surface area contributed by atoms with Crippen molar-refractivity contribution in [2.24, 2.45) is 5.73 Å². The molecule has 1 aromatic heterocycles. The van der Waals surface area contributed by atoms with E-state index in [0.29, 0.717) is 11.1 Å². The Morgan fingerprint density at radius 2 is 2.05 bits per heavy atom. The van der Waals surface area contributed by atoms with Crippen molar-refractivity contribution < 1.29 is 24.5 Å². The maximum absolute atomic E-state index is 11.4. The lowest BCUT2D eigenvalue weighted by Crippen LogP contribution is -2.25. The highest BCUT2D eigenvalue weighted by atomic mass is 16.5. The number of H-pyrrole nitrogens is 1. The van der Waals surface area contributed by atoms with Gasteiger partial charge in [0.2, 0.25) is 5.91 Å². The molecule has 0 bridgehead atoms. The van der Waals surface area contributed by atoms with Gasteiger partial charge in [-0.05, 0) is 17.7 Å². The van der Waals surface area contributed by atoms with Gasteiger partial charge in [0.1, 0.15) is 11.8 Å². The van der Waals surface area contributed by atoms with Crippen LogP contribution in [-0.2, 0) is 9.53 Å². The standard InChI is InChI=1S/C14H16N2O5/c1-21-14(20)10-4-7-2-3-8(5-9(7)16-10)13(19)11(17)6-12(15)18/h2-5,11,13,16-17,19H,6H2,1H3,(H2,15,18). The topological polar surface area (TPSA) is 126 Å². The lowest BCUT2D eigenvalue weighted by molar-refractivity contribution is -0.121. The number of carbonyl (C=O) groups is 2. The van der Waals surface area contributed by atoms with E-state index in [9.17, 15) is 19.8 Å². The van der Waals surface area contributed by atoms with E-state index < -0.39 is 24.1 Å². The van der Waals surface area contributed by atoms with Crippen molar-refractivity contribution in [1.29, 1.82) is 0 Å². The molecule has 7 nitrogen and oxygen atoms in total. The van der Waals surface area contributed by atoms with E-state index >= 15 is 0 Å². The van der Waals surface area contributed by atoms with Gasteiger partial charge < -0.3 is 25.7 Å². The molecule has 0 spiro atoms. The van der Waals surface area contributed by atoms with Crippen molar-refractivity contribution in [1.82, 2.24) is 4.98 Å². The number of methoxy groups -OCH3 is 1. The van der Waals surface area contributed by atoms with Gasteiger partial charge in [-0.3, -0.25) is 4.79 Å². The molecule has 2 unspecified atom stereocenters. The fourth-order valence-electron chi connectivity index (χ4n) is 2.09. The number of amides is 1. The zero-order valence-electron chi connectivity index (χ0n) is 11.4. The molecule has 21 heavy (non-hydrogen) atoms. The summed E-state index contributed by atoms with van der Waals surface area (Å²) in [7, 11) is 1.28. The number of aromatic nitrogens is 1. The summed E-state index contributed by atoms with van der Waals surface area (Å²) >= 11 is 0. The Balaban J connectivity index is 2.29. The lowest BCUT2D eigenvalue weighted by Gasteiger charge is -2.16. The second-order valence-electron chi connectivity index (χ2n) is 4.70. The summed E-state index contributed by atoms with van der Waals surface area (Å²) in [6.07, 6.45) is -2.86. The molecule has 1 amide bonds.